The topological polar surface area (TPSA) is 38.3 Å². The van der Waals surface area contributed by atoms with Gasteiger partial charge in [0.25, 0.3) is 0 Å². The van der Waals surface area contributed by atoms with Crippen LogP contribution in [0.3, 0.4) is 0 Å². The van der Waals surface area contributed by atoms with Gasteiger partial charge in [-0.3, -0.25) is 4.79 Å². The van der Waals surface area contributed by atoms with Crippen LogP contribution >= 0.6 is 0 Å². The molecule has 0 amide bonds. The Morgan fingerprint density at radius 1 is 1.29 bits per heavy atom. The zero-order valence-corrected chi connectivity index (χ0v) is 10.2. The maximum Gasteiger partial charge on any atom is 0.308 e. The largest absolute Gasteiger partial charge is 0.464 e. The third-order valence-corrected chi connectivity index (χ3v) is 1.63. The highest BCUT2D eigenvalue weighted by Gasteiger charge is 2.15. The van der Waals surface area contributed by atoms with Crippen molar-refractivity contribution < 1.29 is 9.53 Å². The fraction of sp³-hybridized carbons (Fsp3) is 0.909. The average molecular weight is 201 g/mol. The predicted molar refractivity (Wildman–Crippen MR) is 58.1 cm³/mol. The van der Waals surface area contributed by atoms with Crippen molar-refractivity contribution in [2.45, 2.75) is 53.1 Å². The fourth-order valence-corrected chi connectivity index (χ4v) is 1.15. The summed E-state index contributed by atoms with van der Waals surface area (Å²) in [7, 11) is 0. The standard InChI is InChI=1S/C11H23NO2/c1-8(2)10(13)14-7-9(3)12-11(4,5)6/h8-9,12H,7H2,1-6H3. The Balaban J connectivity index is 3.75. The van der Waals surface area contributed by atoms with E-state index in [2.05, 4.69) is 26.1 Å². The molecule has 0 aromatic rings. The minimum absolute atomic E-state index is 0.0446. The van der Waals surface area contributed by atoms with Gasteiger partial charge < -0.3 is 10.1 Å². The van der Waals surface area contributed by atoms with E-state index in [9.17, 15) is 4.79 Å². The van der Waals surface area contributed by atoms with Crippen LogP contribution in [0.4, 0.5) is 0 Å². The van der Waals surface area contributed by atoms with Crippen molar-refractivity contribution in [3.05, 3.63) is 0 Å². The number of esters is 1. The van der Waals surface area contributed by atoms with Crippen LogP contribution in [0.25, 0.3) is 0 Å². The molecule has 0 aliphatic heterocycles. The Labute approximate surface area is 87.2 Å². The van der Waals surface area contributed by atoms with Crippen LogP contribution in [0, 0.1) is 5.92 Å². The van der Waals surface area contributed by atoms with E-state index in [1.807, 2.05) is 20.8 Å². The third kappa shape index (κ3) is 6.89. The molecule has 14 heavy (non-hydrogen) atoms. The summed E-state index contributed by atoms with van der Waals surface area (Å²) in [6, 6.07) is 0.192. The molecular formula is C11H23NO2. The van der Waals surface area contributed by atoms with E-state index in [4.69, 9.17) is 4.74 Å². The molecule has 0 fully saturated rings. The lowest BCUT2D eigenvalue weighted by atomic mass is 10.1. The van der Waals surface area contributed by atoms with Gasteiger partial charge in [-0.15, -0.1) is 0 Å². The normalized spacial score (nSPS) is 14.2. The first-order valence-corrected chi connectivity index (χ1v) is 5.16. The summed E-state index contributed by atoms with van der Waals surface area (Å²) in [5, 5.41) is 3.34. The maximum atomic E-state index is 11.2. The number of hydrogen-bond donors (Lipinski definition) is 1. The first-order chi connectivity index (χ1) is 6.22. The Bertz CT molecular complexity index is 182. The summed E-state index contributed by atoms with van der Waals surface area (Å²) in [4.78, 5) is 11.2. The number of hydrogen-bond acceptors (Lipinski definition) is 3. The molecule has 1 atom stereocenters. The van der Waals surface area contributed by atoms with Crippen LogP contribution in [0.2, 0.25) is 0 Å². The lowest BCUT2D eigenvalue weighted by molar-refractivity contribution is -0.148. The quantitative estimate of drug-likeness (QED) is 0.707. The van der Waals surface area contributed by atoms with Crippen LogP contribution in [-0.2, 0) is 9.53 Å². The van der Waals surface area contributed by atoms with Gasteiger partial charge in [-0.1, -0.05) is 13.8 Å². The fourth-order valence-electron chi connectivity index (χ4n) is 1.15. The van der Waals surface area contributed by atoms with Gasteiger partial charge in [-0.05, 0) is 27.7 Å². The lowest BCUT2D eigenvalue weighted by Gasteiger charge is -2.25. The molecule has 3 heteroatoms. The molecule has 0 aliphatic carbocycles. The van der Waals surface area contributed by atoms with Gasteiger partial charge in [-0.25, -0.2) is 0 Å². The minimum atomic E-state index is -0.132. The van der Waals surface area contributed by atoms with E-state index in [1.165, 1.54) is 0 Å². The molecule has 0 aliphatic rings. The van der Waals surface area contributed by atoms with E-state index in [0.717, 1.165) is 0 Å². The Kier molecular flexibility index (Phi) is 5.13. The number of carbonyl (C=O) groups excluding carboxylic acids is 1. The van der Waals surface area contributed by atoms with Gasteiger partial charge in [0.2, 0.25) is 0 Å². The molecule has 0 aromatic heterocycles. The SMILES string of the molecule is CC(COC(=O)C(C)C)NC(C)(C)C. The van der Waals surface area contributed by atoms with E-state index < -0.39 is 0 Å². The van der Waals surface area contributed by atoms with Gasteiger partial charge in [0, 0.05) is 11.6 Å². The summed E-state index contributed by atoms with van der Waals surface area (Å²) < 4.78 is 5.11. The van der Waals surface area contributed by atoms with Crippen LogP contribution < -0.4 is 5.32 Å². The molecule has 0 radical (unpaired) electrons. The summed E-state index contributed by atoms with van der Waals surface area (Å²) in [6.07, 6.45) is 0. The highest BCUT2D eigenvalue weighted by atomic mass is 16.5. The van der Waals surface area contributed by atoms with Crippen molar-refractivity contribution >= 4 is 5.97 Å². The zero-order valence-electron chi connectivity index (χ0n) is 10.2. The summed E-state index contributed by atoms with van der Waals surface area (Å²) in [6.45, 7) is 12.4. The maximum absolute atomic E-state index is 11.2. The molecular weight excluding hydrogens is 178 g/mol. The summed E-state index contributed by atoms with van der Waals surface area (Å²) in [5.41, 5.74) is 0.0592. The van der Waals surface area contributed by atoms with Gasteiger partial charge >= 0.3 is 5.97 Å². The predicted octanol–water partition coefficient (Wildman–Crippen LogP) is 1.96. The number of carbonyl (C=O) groups is 1. The average Bonchev–Trinajstić information content (AvgIpc) is 1.96. The first-order valence-electron chi connectivity index (χ1n) is 5.16. The van der Waals surface area contributed by atoms with Crippen molar-refractivity contribution in [2.24, 2.45) is 5.92 Å². The Morgan fingerprint density at radius 3 is 2.14 bits per heavy atom. The second-order valence-electron chi connectivity index (χ2n) is 5.08. The molecule has 0 rings (SSSR count). The van der Waals surface area contributed by atoms with Gasteiger partial charge in [-0.2, -0.15) is 0 Å². The monoisotopic (exact) mass is 201 g/mol. The lowest BCUT2D eigenvalue weighted by Crippen LogP contribution is -2.44. The van der Waals surface area contributed by atoms with Crippen molar-refractivity contribution in [1.29, 1.82) is 0 Å². The van der Waals surface area contributed by atoms with Gasteiger partial charge in [0.15, 0.2) is 0 Å². The molecule has 3 nitrogen and oxygen atoms in total. The number of nitrogens with one attached hydrogen (secondary N) is 1. The molecule has 0 saturated carbocycles. The van der Waals surface area contributed by atoms with Crippen molar-refractivity contribution in [3.8, 4) is 0 Å². The Morgan fingerprint density at radius 2 is 1.79 bits per heavy atom. The Hall–Kier alpha value is -0.570. The highest BCUT2D eigenvalue weighted by molar-refractivity contribution is 5.71. The summed E-state index contributed by atoms with van der Waals surface area (Å²) in [5.74, 6) is -0.176. The van der Waals surface area contributed by atoms with Crippen molar-refractivity contribution in [2.75, 3.05) is 6.61 Å². The van der Waals surface area contributed by atoms with Crippen LogP contribution in [0.5, 0.6) is 0 Å². The van der Waals surface area contributed by atoms with Gasteiger partial charge in [0.05, 0.1) is 5.92 Å². The smallest absolute Gasteiger partial charge is 0.308 e. The van der Waals surface area contributed by atoms with E-state index in [-0.39, 0.29) is 23.5 Å². The van der Waals surface area contributed by atoms with Crippen molar-refractivity contribution in [1.82, 2.24) is 5.32 Å². The zero-order chi connectivity index (χ0) is 11.4. The van der Waals surface area contributed by atoms with E-state index in [0.29, 0.717) is 6.61 Å². The minimum Gasteiger partial charge on any atom is -0.464 e. The van der Waals surface area contributed by atoms with E-state index >= 15 is 0 Å². The molecule has 0 aromatic carbocycles. The van der Waals surface area contributed by atoms with E-state index in [1.54, 1.807) is 0 Å². The summed E-state index contributed by atoms with van der Waals surface area (Å²) >= 11 is 0. The van der Waals surface area contributed by atoms with Crippen molar-refractivity contribution in [3.63, 3.8) is 0 Å². The second-order valence-corrected chi connectivity index (χ2v) is 5.08. The highest BCUT2D eigenvalue weighted by Crippen LogP contribution is 2.02. The third-order valence-electron chi connectivity index (χ3n) is 1.63. The first kappa shape index (κ1) is 13.4. The molecule has 0 spiro atoms. The van der Waals surface area contributed by atoms with Gasteiger partial charge in [0.1, 0.15) is 6.61 Å². The second kappa shape index (κ2) is 5.35. The van der Waals surface area contributed by atoms with Crippen LogP contribution in [0.15, 0.2) is 0 Å². The van der Waals surface area contributed by atoms with Crippen LogP contribution in [0.1, 0.15) is 41.5 Å². The number of rotatable bonds is 4. The molecule has 1 N–H and O–H groups in total. The molecule has 0 heterocycles. The van der Waals surface area contributed by atoms with Crippen LogP contribution in [-0.4, -0.2) is 24.2 Å². The molecule has 84 valence electrons. The molecule has 1 unspecified atom stereocenters. The molecule has 0 bridgehead atoms. The molecule has 0 saturated heterocycles. The number of ether oxygens (including phenoxy) is 1.